The average Bonchev–Trinajstić information content (AvgIpc) is 2.25. The van der Waals surface area contributed by atoms with Gasteiger partial charge in [0.05, 0.1) is 13.7 Å². The summed E-state index contributed by atoms with van der Waals surface area (Å²) >= 11 is 0. The van der Waals surface area contributed by atoms with E-state index in [1.165, 1.54) is 0 Å². The molecule has 0 aliphatic rings. The average molecular weight is 209 g/mol. The molecule has 3 nitrogen and oxygen atoms in total. The molecule has 1 rings (SSSR count). The lowest BCUT2D eigenvalue weighted by Crippen LogP contribution is -2.05. The first-order valence-electron chi connectivity index (χ1n) is 5.16. The van der Waals surface area contributed by atoms with Crippen molar-refractivity contribution < 1.29 is 9.47 Å². The molecule has 0 amide bonds. The van der Waals surface area contributed by atoms with Crippen molar-refractivity contribution in [3.05, 3.63) is 23.8 Å². The number of nitrogens with two attached hydrogens (primary N) is 1. The van der Waals surface area contributed by atoms with E-state index in [4.69, 9.17) is 15.2 Å². The number of methoxy groups -OCH3 is 1. The Morgan fingerprint density at radius 1 is 1.20 bits per heavy atom. The number of benzene rings is 1. The van der Waals surface area contributed by atoms with Gasteiger partial charge in [0.25, 0.3) is 0 Å². The Bertz CT molecular complexity index is 288. The second-order valence-corrected chi connectivity index (χ2v) is 3.93. The van der Waals surface area contributed by atoms with Crippen LogP contribution in [-0.4, -0.2) is 13.7 Å². The normalized spacial score (nSPS) is 10.5. The van der Waals surface area contributed by atoms with Crippen molar-refractivity contribution in [3.8, 4) is 11.5 Å². The van der Waals surface area contributed by atoms with Gasteiger partial charge in [0.15, 0.2) is 0 Å². The van der Waals surface area contributed by atoms with Gasteiger partial charge in [0, 0.05) is 12.6 Å². The van der Waals surface area contributed by atoms with E-state index >= 15 is 0 Å². The lowest BCUT2D eigenvalue weighted by Gasteiger charge is -2.11. The van der Waals surface area contributed by atoms with Crippen LogP contribution in [0.5, 0.6) is 11.5 Å². The SMILES string of the molecule is COc1cc(CN)cc(OCC(C)C)c1. The maximum atomic E-state index is 5.62. The van der Waals surface area contributed by atoms with Crippen molar-refractivity contribution in [2.75, 3.05) is 13.7 Å². The Hall–Kier alpha value is -1.22. The van der Waals surface area contributed by atoms with Crippen LogP contribution >= 0.6 is 0 Å². The minimum Gasteiger partial charge on any atom is -0.497 e. The molecule has 1 aromatic carbocycles. The number of hydrogen-bond donors (Lipinski definition) is 1. The molecule has 0 spiro atoms. The van der Waals surface area contributed by atoms with Gasteiger partial charge in [-0.05, 0) is 23.6 Å². The molecule has 2 N–H and O–H groups in total. The summed E-state index contributed by atoms with van der Waals surface area (Å²) in [5.41, 5.74) is 6.61. The van der Waals surface area contributed by atoms with Gasteiger partial charge in [-0.1, -0.05) is 13.8 Å². The van der Waals surface area contributed by atoms with E-state index in [1.54, 1.807) is 7.11 Å². The summed E-state index contributed by atoms with van der Waals surface area (Å²) in [4.78, 5) is 0. The lowest BCUT2D eigenvalue weighted by molar-refractivity contribution is 0.269. The zero-order valence-corrected chi connectivity index (χ0v) is 9.62. The molecule has 0 bridgehead atoms. The molecule has 0 aromatic heterocycles. The molecule has 0 saturated heterocycles. The van der Waals surface area contributed by atoms with Crippen molar-refractivity contribution in [1.82, 2.24) is 0 Å². The smallest absolute Gasteiger partial charge is 0.123 e. The number of hydrogen-bond acceptors (Lipinski definition) is 3. The van der Waals surface area contributed by atoms with Crippen LogP contribution in [0.1, 0.15) is 19.4 Å². The van der Waals surface area contributed by atoms with Gasteiger partial charge < -0.3 is 15.2 Å². The second kappa shape index (κ2) is 5.61. The van der Waals surface area contributed by atoms with E-state index in [-0.39, 0.29) is 0 Å². The predicted octanol–water partition coefficient (Wildman–Crippen LogP) is 2.19. The first kappa shape index (κ1) is 11.9. The highest BCUT2D eigenvalue weighted by atomic mass is 16.5. The minimum absolute atomic E-state index is 0.495. The molecule has 0 aliphatic carbocycles. The van der Waals surface area contributed by atoms with Crippen LogP contribution in [0, 0.1) is 5.92 Å². The van der Waals surface area contributed by atoms with Gasteiger partial charge in [0.2, 0.25) is 0 Å². The highest BCUT2D eigenvalue weighted by molar-refractivity contribution is 5.38. The Kier molecular flexibility index (Phi) is 4.43. The van der Waals surface area contributed by atoms with Gasteiger partial charge in [0.1, 0.15) is 11.5 Å². The predicted molar refractivity (Wildman–Crippen MR) is 61.2 cm³/mol. The van der Waals surface area contributed by atoms with Crippen LogP contribution in [0.25, 0.3) is 0 Å². The maximum absolute atomic E-state index is 5.62. The molecular weight excluding hydrogens is 190 g/mol. The topological polar surface area (TPSA) is 44.5 Å². The fraction of sp³-hybridized carbons (Fsp3) is 0.500. The van der Waals surface area contributed by atoms with Crippen molar-refractivity contribution in [2.45, 2.75) is 20.4 Å². The fourth-order valence-corrected chi connectivity index (χ4v) is 1.21. The van der Waals surface area contributed by atoms with Crippen molar-refractivity contribution in [3.63, 3.8) is 0 Å². The summed E-state index contributed by atoms with van der Waals surface area (Å²) in [6.07, 6.45) is 0. The largest absolute Gasteiger partial charge is 0.497 e. The summed E-state index contributed by atoms with van der Waals surface area (Å²) in [7, 11) is 1.64. The highest BCUT2D eigenvalue weighted by Gasteiger charge is 2.02. The molecule has 0 fully saturated rings. The Morgan fingerprint density at radius 3 is 2.40 bits per heavy atom. The van der Waals surface area contributed by atoms with Gasteiger partial charge in [-0.2, -0.15) is 0 Å². The number of ether oxygens (including phenoxy) is 2. The van der Waals surface area contributed by atoms with Crippen LogP contribution < -0.4 is 15.2 Å². The highest BCUT2D eigenvalue weighted by Crippen LogP contribution is 2.22. The summed E-state index contributed by atoms with van der Waals surface area (Å²) in [6, 6.07) is 5.74. The van der Waals surface area contributed by atoms with E-state index in [1.807, 2.05) is 18.2 Å². The maximum Gasteiger partial charge on any atom is 0.123 e. The summed E-state index contributed by atoms with van der Waals surface area (Å²) in [5, 5.41) is 0. The summed E-state index contributed by atoms with van der Waals surface area (Å²) < 4.78 is 10.8. The van der Waals surface area contributed by atoms with Gasteiger partial charge >= 0.3 is 0 Å². The van der Waals surface area contributed by atoms with E-state index in [2.05, 4.69) is 13.8 Å². The Morgan fingerprint density at radius 2 is 1.87 bits per heavy atom. The third-order valence-corrected chi connectivity index (χ3v) is 1.99. The van der Waals surface area contributed by atoms with Crippen LogP contribution in [0.2, 0.25) is 0 Å². The molecular formula is C12H19NO2. The minimum atomic E-state index is 0.495. The van der Waals surface area contributed by atoms with Crippen molar-refractivity contribution in [1.29, 1.82) is 0 Å². The van der Waals surface area contributed by atoms with Gasteiger partial charge in [-0.3, -0.25) is 0 Å². The standard InChI is InChI=1S/C12H19NO2/c1-9(2)8-15-12-5-10(7-13)4-11(6-12)14-3/h4-6,9H,7-8,13H2,1-3H3. The lowest BCUT2D eigenvalue weighted by atomic mass is 10.2. The van der Waals surface area contributed by atoms with E-state index < -0.39 is 0 Å². The van der Waals surface area contributed by atoms with Crippen LogP contribution in [-0.2, 0) is 6.54 Å². The first-order chi connectivity index (χ1) is 7.15. The molecule has 0 saturated carbocycles. The third-order valence-electron chi connectivity index (χ3n) is 1.99. The zero-order chi connectivity index (χ0) is 11.3. The van der Waals surface area contributed by atoms with Crippen LogP contribution in [0.3, 0.4) is 0 Å². The van der Waals surface area contributed by atoms with Gasteiger partial charge in [-0.25, -0.2) is 0 Å². The monoisotopic (exact) mass is 209 g/mol. The summed E-state index contributed by atoms with van der Waals surface area (Å²) in [6.45, 7) is 5.43. The quantitative estimate of drug-likeness (QED) is 0.808. The van der Waals surface area contributed by atoms with Gasteiger partial charge in [-0.15, -0.1) is 0 Å². The van der Waals surface area contributed by atoms with E-state index in [0.717, 1.165) is 17.1 Å². The molecule has 15 heavy (non-hydrogen) atoms. The Balaban J connectivity index is 2.77. The molecule has 0 unspecified atom stereocenters. The van der Waals surface area contributed by atoms with Crippen molar-refractivity contribution in [2.24, 2.45) is 11.7 Å². The Labute approximate surface area is 91.2 Å². The molecule has 1 aromatic rings. The fourth-order valence-electron chi connectivity index (χ4n) is 1.21. The molecule has 0 heterocycles. The second-order valence-electron chi connectivity index (χ2n) is 3.93. The molecule has 3 heteroatoms. The first-order valence-corrected chi connectivity index (χ1v) is 5.16. The van der Waals surface area contributed by atoms with Crippen molar-refractivity contribution >= 4 is 0 Å². The van der Waals surface area contributed by atoms with E-state index in [9.17, 15) is 0 Å². The molecule has 0 atom stereocenters. The van der Waals surface area contributed by atoms with Crippen LogP contribution in [0.15, 0.2) is 18.2 Å². The summed E-state index contributed by atoms with van der Waals surface area (Å²) in [5.74, 6) is 2.12. The van der Waals surface area contributed by atoms with E-state index in [0.29, 0.717) is 19.1 Å². The number of rotatable bonds is 5. The molecule has 0 radical (unpaired) electrons. The third kappa shape index (κ3) is 3.80. The van der Waals surface area contributed by atoms with Crippen LogP contribution in [0.4, 0.5) is 0 Å². The zero-order valence-electron chi connectivity index (χ0n) is 9.62. The molecule has 84 valence electrons. The molecule has 0 aliphatic heterocycles.